The molecule has 0 fully saturated rings. The van der Waals surface area contributed by atoms with E-state index >= 15 is 0 Å². The molecule has 0 aliphatic heterocycles. The average molecular weight is 342 g/mol. The average Bonchev–Trinajstić information content (AvgIpc) is 2.89. The number of hydrogen-bond acceptors (Lipinski definition) is 5. The van der Waals surface area contributed by atoms with E-state index in [1.165, 1.54) is 0 Å². The number of nitrogens with two attached hydrogens (primary N) is 1. The number of aryl methyl sites for hydroxylation is 1. The summed E-state index contributed by atoms with van der Waals surface area (Å²) in [6.45, 7) is 0. The lowest BCUT2D eigenvalue weighted by molar-refractivity contribution is 0.415. The Morgan fingerprint density at radius 3 is 2.46 bits per heavy atom. The Kier molecular flexibility index (Phi) is 4.48. The summed E-state index contributed by atoms with van der Waals surface area (Å²) in [6, 6.07) is 14.7. The fourth-order valence-electron chi connectivity index (χ4n) is 2.20. The Morgan fingerprint density at radius 2 is 1.79 bits per heavy atom. The molecule has 3 rings (SSSR count). The van der Waals surface area contributed by atoms with Crippen molar-refractivity contribution in [1.82, 2.24) is 9.78 Å². The van der Waals surface area contributed by atoms with Crippen molar-refractivity contribution in [3.8, 4) is 17.0 Å². The van der Waals surface area contributed by atoms with Gasteiger partial charge in [0.25, 0.3) is 0 Å². The highest BCUT2D eigenvalue weighted by molar-refractivity contribution is 6.32. The second kappa shape index (κ2) is 6.72. The highest BCUT2D eigenvalue weighted by Gasteiger charge is 2.15. The number of aromatic nitrogens is 2. The maximum Gasteiger partial charge on any atom is 0.155 e. The van der Waals surface area contributed by atoms with Crippen molar-refractivity contribution in [3.05, 3.63) is 53.6 Å². The maximum atomic E-state index is 6.11. The van der Waals surface area contributed by atoms with Gasteiger partial charge < -0.3 is 10.5 Å². The quantitative estimate of drug-likeness (QED) is 0.696. The lowest BCUT2D eigenvalue weighted by atomic mass is 10.1. The molecule has 0 bridgehead atoms. The summed E-state index contributed by atoms with van der Waals surface area (Å²) < 4.78 is 6.75. The SMILES string of the molecule is COc1ccc(-c2nn(C)c(N)c2N=Nc2ccccc2Cl)cc1. The second-order valence-corrected chi connectivity index (χ2v) is 5.49. The molecule has 7 heteroatoms. The lowest BCUT2D eigenvalue weighted by Gasteiger charge is -2.02. The van der Waals surface area contributed by atoms with Gasteiger partial charge in [-0.3, -0.25) is 4.68 Å². The largest absolute Gasteiger partial charge is 0.497 e. The van der Waals surface area contributed by atoms with Crippen LogP contribution in [-0.4, -0.2) is 16.9 Å². The number of methoxy groups -OCH3 is 1. The van der Waals surface area contributed by atoms with Crippen LogP contribution in [0.3, 0.4) is 0 Å². The van der Waals surface area contributed by atoms with Crippen LogP contribution in [0.1, 0.15) is 0 Å². The van der Waals surface area contributed by atoms with E-state index in [-0.39, 0.29) is 0 Å². The summed E-state index contributed by atoms with van der Waals surface area (Å²) in [5, 5.41) is 13.4. The van der Waals surface area contributed by atoms with E-state index in [4.69, 9.17) is 22.1 Å². The molecule has 0 unspecified atom stereocenters. The molecule has 24 heavy (non-hydrogen) atoms. The van der Waals surface area contributed by atoms with Gasteiger partial charge in [-0.1, -0.05) is 23.7 Å². The summed E-state index contributed by atoms with van der Waals surface area (Å²) in [4.78, 5) is 0. The van der Waals surface area contributed by atoms with E-state index < -0.39 is 0 Å². The van der Waals surface area contributed by atoms with E-state index in [9.17, 15) is 0 Å². The molecule has 0 spiro atoms. The Morgan fingerprint density at radius 1 is 1.08 bits per heavy atom. The third kappa shape index (κ3) is 3.09. The minimum Gasteiger partial charge on any atom is -0.497 e. The summed E-state index contributed by atoms with van der Waals surface area (Å²) in [5.41, 5.74) is 8.68. The fraction of sp³-hybridized carbons (Fsp3) is 0.118. The van der Waals surface area contributed by atoms with Crippen LogP contribution in [0.2, 0.25) is 5.02 Å². The molecule has 0 saturated heterocycles. The highest BCUT2D eigenvalue weighted by atomic mass is 35.5. The normalized spacial score (nSPS) is 11.1. The van der Waals surface area contributed by atoms with Gasteiger partial charge in [-0.05, 0) is 36.4 Å². The minimum atomic E-state index is 0.427. The Balaban J connectivity index is 2.03. The summed E-state index contributed by atoms with van der Waals surface area (Å²) in [5.74, 6) is 1.19. The molecule has 0 radical (unpaired) electrons. The van der Waals surface area contributed by atoms with Gasteiger partial charge in [0.05, 0.1) is 12.1 Å². The number of ether oxygens (including phenoxy) is 1. The molecule has 0 atom stereocenters. The van der Waals surface area contributed by atoms with Gasteiger partial charge in [0, 0.05) is 12.6 Å². The van der Waals surface area contributed by atoms with Gasteiger partial charge >= 0.3 is 0 Å². The van der Waals surface area contributed by atoms with E-state index in [2.05, 4.69) is 15.3 Å². The van der Waals surface area contributed by atoms with E-state index in [1.807, 2.05) is 36.4 Å². The van der Waals surface area contributed by atoms with Crippen LogP contribution in [0.4, 0.5) is 17.2 Å². The predicted molar refractivity (Wildman–Crippen MR) is 95.2 cm³/mol. The first kappa shape index (κ1) is 16.0. The van der Waals surface area contributed by atoms with Crippen molar-refractivity contribution >= 4 is 28.8 Å². The van der Waals surface area contributed by atoms with Crippen LogP contribution >= 0.6 is 11.6 Å². The first-order valence-corrected chi connectivity index (χ1v) is 7.61. The first-order valence-electron chi connectivity index (χ1n) is 7.23. The van der Waals surface area contributed by atoms with Crippen molar-refractivity contribution < 1.29 is 4.74 Å². The maximum absolute atomic E-state index is 6.11. The number of halogens is 1. The number of nitrogen functional groups attached to an aromatic ring is 1. The zero-order valence-corrected chi connectivity index (χ0v) is 14.0. The molecular formula is C17H16ClN5O. The molecule has 1 heterocycles. The van der Waals surface area contributed by atoms with Gasteiger partial charge in [-0.2, -0.15) is 5.10 Å². The number of azo groups is 1. The Labute approximate surface area is 144 Å². The third-order valence-corrected chi connectivity index (χ3v) is 3.86. The van der Waals surface area contributed by atoms with Crippen molar-refractivity contribution in [1.29, 1.82) is 0 Å². The van der Waals surface area contributed by atoms with Crippen molar-refractivity contribution in [2.45, 2.75) is 0 Å². The van der Waals surface area contributed by atoms with E-state index in [0.717, 1.165) is 11.3 Å². The molecule has 0 amide bonds. The van der Waals surface area contributed by atoms with Gasteiger partial charge in [0.1, 0.15) is 22.9 Å². The van der Waals surface area contributed by atoms with Crippen LogP contribution in [0.15, 0.2) is 58.8 Å². The third-order valence-electron chi connectivity index (χ3n) is 3.54. The van der Waals surface area contributed by atoms with Crippen LogP contribution in [0.25, 0.3) is 11.3 Å². The van der Waals surface area contributed by atoms with Crippen molar-refractivity contribution in [3.63, 3.8) is 0 Å². The molecular weight excluding hydrogens is 326 g/mol. The summed E-state index contributed by atoms with van der Waals surface area (Å²) >= 11 is 6.11. The zero-order chi connectivity index (χ0) is 17.1. The van der Waals surface area contributed by atoms with Crippen molar-refractivity contribution in [2.24, 2.45) is 17.3 Å². The smallest absolute Gasteiger partial charge is 0.155 e. The molecule has 6 nitrogen and oxygen atoms in total. The molecule has 3 aromatic rings. The molecule has 1 aromatic heterocycles. The monoisotopic (exact) mass is 341 g/mol. The van der Waals surface area contributed by atoms with Crippen LogP contribution in [0.5, 0.6) is 5.75 Å². The van der Waals surface area contributed by atoms with Crippen LogP contribution in [-0.2, 0) is 7.05 Å². The number of anilines is 1. The molecule has 0 aliphatic rings. The van der Waals surface area contributed by atoms with Gasteiger partial charge in [-0.15, -0.1) is 10.2 Å². The molecule has 0 saturated carbocycles. The highest BCUT2D eigenvalue weighted by Crippen LogP contribution is 2.36. The van der Waals surface area contributed by atoms with Gasteiger partial charge in [0.15, 0.2) is 5.69 Å². The van der Waals surface area contributed by atoms with Gasteiger partial charge in [-0.25, -0.2) is 0 Å². The summed E-state index contributed by atoms with van der Waals surface area (Å²) in [6.07, 6.45) is 0. The molecule has 0 aliphatic carbocycles. The summed E-state index contributed by atoms with van der Waals surface area (Å²) in [7, 11) is 3.38. The standard InChI is InChI=1S/C17H16ClN5O/c1-23-17(19)16(21-20-14-6-4-3-5-13(14)18)15(22-23)11-7-9-12(24-2)10-8-11/h3-10H,19H2,1-2H3. The minimum absolute atomic E-state index is 0.427. The number of hydrogen-bond donors (Lipinski definition) is 1. The fourth-order valence-corrected chi connectivity index (χ4v) is 2.38. The van der Waals surface area contributed by atoms with E-state index in [1.54, 1.807) is 31.0 Å². The first-order chi connectivity index (χ1) is 11.6. The van der Waals surface area contributed by atoms with Crippen LogP contribution in [0, 0.1) is 0 Å². The zero-order valence-electron chi connectivity index (χ0n) is 13.3. The van der Waals surface area contributed by atoms with Crippen LogP contribution < -0.4 is 10.5 Å². The Hall–Kier alpha value is -2.86. The van der Waals surface area contributed by atoms with Gasteiger partial charge in [0.2, 0.25) is 0 Å². The molecule has 2 N–H and O–H groups in total. The molecule has 122 valence electrons. The Bertz CT molecular complexity index is 886. The lowest BCUT2D eigenvalue weighted by Crippen LogP contribution is -1.96. The van der Waals surface area contributed by atoms with E-state index in [0.29, 0.717) is 27.9 Å². The number of nitrogens with zero attached hydrogens (tertiary/aromatic N) is 4. The predicted octanol–water partition coefficient (Wildman–Crippen LogP) is 4.75. The topological polar surface area (TPSA) is 77.8 Å². The molecule has 2 aromatic carbocycles. The van der Waals surface area contributed by atoms with Crippen molar-refractivity contribution in [2.75, 3.05) is 12.8 Å². The number of rotatable bonds is 4. The second-order valence-electron chi connectivity index (χ2n) is 5.09. The number of benzene rings is 2.